The molecule has 0 heterocycles. The van der Waals surface area contributed by atoms with Gasteiger partial charge in [0.25, 0.3) is 0 Å². The molecule has 0 spiro atoms. The third-order valence-corrected chi connectivity index (χ3v) is 2.59. The van der Waals surface area contributed by atoms with Gasteiger partial charge in [0.05, 0.1) is 6.61 Å². The van der Waals surface area contributed by atoms with Gasteiger partial charge in [-0.2, -0.15) is 0 Å². The fraction of sp³-hybridized carbons (Fsp3) is 0.786. The number of hydrogen-bond acceptors (Lipinski definition) is 5. The van der Waals surface area contributed by atoms with Crippen molar-refractivity contribution in [3.63, 3.8) is 0 Å². The van der Waals surface area contributed by atoms with Crippen molar-refractivity contribution in [2.75, 3.05) is 6.61 Å². The van der Waals surface area contributed by atoms with Crippen molar-refractivity contribution in [3.05, 3.63) is 0 Å². The third-order valence-electron chi connectivity index (χ3n) is 2.59. The number of nitrogens with one attached hydrogen (secondary N) is 1. The Hall–Kier alpha value is -0.390. The predicted molar refractivity (Wildman–Crippen MR) is 73.0 cm³/mol. The maximum atomic E-state index is 11.0. The van der Waals surface area contributed by atoms with E-state index in [-0.39, 0.29) is 41.7 Å². The van der Waals surface area contributed by atoms with Gasteiger partial charge in [-0.3, -0.25) is 5.41 Å². The fourth-order valence-corrected chi connectivity index (χ4v) is 1.20. The van der Waals surface area contributed by atoms with E-state index >= 15 is 0 Å². The molecule has 0 aliphatic carbocycles. The molecule has 0 aliphatic heterocycles. The molecule has 5 nitrogen and oxygen atoms in total. The van der Waals surface area contributed by atoms with Crippen molar-refractivity contribution in [1.82, 2.24) is 0 Å². The zero-order chi connectivity index (χ0) is 15.3. The number of rotatable bonds is 8. The van der Waals surface area contributed by atoms with Crippen LogP contribution in [0, 0.1) is 11.3 Å². The summed E-state index contributed by atoms with van der Waals surface area (Å²) in [5.41, 5.74) is -0.0182. The molecule has 0 fully saturated rings. The van der Waals surface area contributed by atoms with Gasteiger partial charge in [-0.25, -0.2) is 4.79 Å². The number of carboxylic acids is 1. The van der Waals surface area contributed by atoms with Crippen molar-refractivity contribution in [2.45, 2.75) is 59.8 Å². The molecule has 1 unspecified atom stereocenters. The number of esters is 1. The Bertz CT molecular complexity index is 282. The van der Waals surface area contributed by atoms with Gasteiger partial charge < -0.3 is 14.6 Å². The number of carbonyl (C=O) groups excluding carboxylic acids is 2. The van der Waals surface area contributed by atoms with Crippen LogP contribution in [0.1, 0.15) is 59.8 Å². The van der Waals surface area contributed by atoms with Gasteiger partial charge in [-0.15, -0.1) is 0 Å². The van der Waals surface area contributed by atoms with Crippen LogP contribution in [-0.2, 0) is 14.3 Å². The van der Waals surface area contributed by atoms with Crippen molar-refractivity contribution >= 4 is 17.7 Å². The quantitative estimate of drug-likeness (QED) is 0.351. The molecular formula is C14H26NNaO4. The van der Waals surface area contributed by atoms with E-state index in [1.54, 1.807) is 0 Å². The molecular weight excluding hydrogens is 269 g/mol. The van der Waals surface area contributed by atoms with Gasteiger partial charge in [0.15, 0.2) is 0 Å². The van der Waals surface area contributed by atoms with Crippen molar-refractivity contribution in [1.29, 1.82) is 5.41 Å². The van der Waals surface area contributed by atoms with Gasteiger partial charge in [-0.1, -0.05) is 40.0 Å². The summed E-state index contributed by atoms with van der Waals surface area (Å²) in [4.78, 5) is 20.2. The first kappa shape index (κ1) is 24.6. The molecule has 0 aromatic rings. The number of hydrogen-bond donors (Lipinski definition) is 1. The average molecular weight is 295 g/mol. The van der Waals surface area contributed by atoms with E-state index in [1.807, 2.05) is 0 Å². The molecule has 0 aromatic heterocycles. The van der Waals surface area contributed by atoms with Crippen LogP contribution < -0.4 is 34.7 Å². The Labute approximate surface area is 144 Å². The number of unbranched alkanes of at least 4 members (excludes halogenated alkanes) is 1. The van der Waals surface area contributed by atoms with Crippen LogP contribution >= 0.6 is 0 Å². The van der Waals surface area contributed by atoms with Gasteiger partial charge >= 0.3 is 35.5 Å². The molecule has 0 saturated heterocycles. The summed E-state index contributed by atoms with van der Waals surface area (Å²) in [5.74, 6) is -1.02. The van der Waals surface area contributed by atoms with Crippen molar-refractivity contribution < 1.29 is 49.0 Å². The number of carbonyl (C=O) groups is 2. The van der Waals surface area contributed by atoms with E-state index in [2.05, 4.69) is 13.8 Å². The van der Waals surface area contributed by atoms with E-state index in [0.717, 1.165) is 12.8 Å². The van der Waals surface area contributed by atoms with E-state index < -0.39 is 11.9 Å². The maximum absolute atomic E-state index is 11.0. The predicted octanol–water partition coefficient (Wildman–Crippen LogP) is -1.06. The molecule has 0 bridgehead atoms. The smallest absolute Gasteiger partial charge is 0.550 e. The van der Waals surface area contributed by atoms with Gasteiger partial charge in [0, 0.05) is 5.97 Å². The summed E-state index contributed by atoms with van der Waals surface area (Å²) < 4.78 is 4.99. The third kappa shape index (κ3) is 17.6. The summed E-state index contributed by atoms with van der Waals surface area (Å²) >= 11 is 0. The molecule has 1 N–H and O–H groups in total. The van der Waals surface area contributed by atoms with Crippen molar-refractivity contribution in [2.24, 2.45) is 5.92 Å². The molecule has 6 heteroatoms. The fourth-order valence-electron chi connectivity index (χ4n) is 1.20. The van der Waals surface area contributed by atoms with Crippen LogP contribution in [0.2, 0.25) is 0 Å². The first-order valence-corrected chi connectivity index (χ1v) is 6.80. The molecule has 1 atom stereocenters. The van der Waals surface area contributed by atoms with E-state index in [9.17, 15) is 14.7 Å². The maximum Gasteiger partial charge on any atom is 1.00 e. The van der Waals surface area contributed by atoms with Gasteiger partial charge in [0.2, 0.25) is 0 Å². The van der Waals surface area contributed by atoms with Crippen LogP contribution in [0.25, 0.3) is 0 Å². The largest absolute Gasteiger partial charge is 1.00 e. The van der Waals surface area contributed by atoms with Crippen LogP contribution in [0.3, 0.4) is 0 Å². The minimum atomic E-state index is -0.995. The Morgan fingerprint density at radius 2 is 1.75 bits per heavy atom. The average Bonchev–Trinajstić information content (AvgIpc) is 2.39. The Kier molecular flexibility index (Phi) is 20.5. The first-order chi connectivity index (χ1) is 8.88. The first-order valence-electron chi connectivity index (χ1n) is 6.80. The van der Waals surface area contributed by atoms with Gasteiger partial charge in [0.1, 0.15) is 5.71 Å². The summed E-state index contributed by atoms with van der Waals surface area (Å²) in [7, 11) is 0. The second-order valence-electron chi connectivity index (χ2n) is 4.37. The minimum absolute atomic E-state index is 0. The SMILES string of the molecule is CCC(=O)[O-].CCCCC(CC)COC(=O)C(C)=N.[Na+]. The summed E-state index contributed by atoms with van der Waals surface area (Å²) in [6, 6.07) is 0. The number of ether oxygens (including phenoxy) is 1. The molecule has 0 rings (SSSR count). The monoisotopic (exact) mass is 295 g/mol. The molecule has 20 heavy (non-hydrogen) atoms. The summed E-state index contributed by atoms with van der Waals surface area (Å²) in [6.07, 6.45) is 4.61. The molecule has 0 saturated carbocycles. The standard InChI is InChI=1S/C11H21NO2.C3H6O2.Na/c1-4-6-7-10(5-2)8-14-11(13)9(3)12;1-2-3(4)5;/h10,12H,4-8H2,1-3H3;2H2,1H3,(H,4,5);/q;;+1/p-1. The van der Waals surface area contributed by atoms with Crippen LogP contribution in [0.4, 0.5) is 0 Å². The second kappa shape index (κ2) is 16.7. The molecule has 0 radical (unpaired) electrons. The minimum Gasteiger partial charge on any atom is -0.550 e. The van der Waals surface area contributed by atoms with Crippen LogP contribution in [0.15, 0.2) is 0 Å². The zero-order valence-corrected chi connectivity index (χ0v) is 15.5. The van der Waals surface area contributed by atoms with E-state index in [4.69, 9.17) is 10.1 Å². The van der Waals surface area contributed by atoms with E-state index in [0.29, 0.717) is 12.5 Å². The summed E-state index contributed by atoms with van der Waals surface area (Å²) in [5, 5.41) is 16.3. The molecule has 0 aromatic carbocycles. The second-order valence-corrected chi connectivity index (χ2v) is 4.37. The van der Waals surface area contributed by atoms with Gasteiger partial charge in [-0.05, 0) is 25.7 Å². The Morgan fingerprint density at radius 1 is 1.25 bits per heavy atom. The number of carboxylic acid groups (broad SMARTS) is 1. The normalized spacial score (nSPS) is 10.4. The zero-order valence-electron chi connectivity index (χ0n) is 13.5. The molecule has 112 valence electrons. The Balaban J connectivity index is -0.000000414. The van der Waals surface area contributed by atoms with E-state index in [1.165, 1.54) is 26.7 Å². The van der Waals surface area contributed by atoms with Crippen molar-refractivity contribution in [3.8, 4) is 0 Å². The molecule has 0 amide bonds. The van der Waals surface area contributed by atoms with Crippen LogP contribution in [-0.4, -0.2) is 24.3 Å². The number of aliphatic carboxylic acids is 1. The topological polar surface area (TPSA) is 90.3 Å². The van der Waals surface area contributed by atoms with Crippen LogP contribution in [0.5, 0.6) is 0 Å². The Morgan fingerprint density at radius 3 is 2.05 bits per heavy atom. The molecule has 0 aliphatic rings. The summed E-state index contributed by atoms with van der Waals surface area (Å²) in [6.45, 7) is 7.71.